The van der Waals surface area contributed by atoms with E-state index in [9.17, 15) is 13.2 Å². The Hall–Kier alpha value is -2.95. The van der Waals surface area contributed by atoms with Gasteiger partial charge < -0.3 is 15.2 Å². The van der Waals surface area contributed by atoms with E-state index in [4.69, 9.17) is 15.2 Å². The van der Waals surface area contributed by atoms with Crippen molar-refractivity contribution in [3.8, 4) is 11.8 Å². The molecule has 122 valence electrons. The molecule has 0 aliphatic heterocycles. The van der Waals surface area contributed by atoms with Gasteiger partial charge >= 0.3 is 6.03 Å². The molecule has 0 fully saturated rings. The summed E-state index contributed by atoms with van der Waals surface area (Å²) in [6.45, 7) is 0. The van der Waals surface area contributed by atoms with Gasteiger partial charge in [-0.25, -0.2) is 13.2 Å². The van der Waals surface area contributed by atoms with E-state index in [2.05, 4.69) is 15.0 Å². The minimum atomic E-state index is -4.34. The number of methoxy groups -OCH3 is 2. The van der Waals surface area contributed by atoms with Gasteiger partial charge in [0, 0.05) is 12.4 Å². The number of aromatic nitrogens is 3. The van der Waals surface area contributed by atoms with Gasteiger partial charge in [-0.15, -0.1) is 4.31 Å². The molecular weight excluding hydrogens is 326 g/mol. The van der Waals surface area contributed by atoms with Crippen molar-refractivity contribution in [1.29, 1.82) is 0 Å². The third-order valence-electron chi connectivity index (χ3n) is 2.64. The fourth-order valence-electron chi connectivity index (χ4n) is 1.62. The molecular formula is C12H13N5O5S. The number of primary amides is 1. The Balaban J connectivity index is 2.62. The maximum Gasteiger partial charge on any atom is 0.336 e. The maximum atomic E-state index is 12.6. The monoisotopic (exact) mass is 339 g/mol. The van der Waals surface area contributed by atoms with E-state index < -0.39 is 22.0 Å². The molecule has 2 N–H and O–H groups in total. The smallest absolute Gasteiger partial charge is 0.336 e. The molecule has 0 aromatic carbocycles. The summed E-state index contributed by atoms with van der Waals surface area (Å²) in [5, 5.41) is 0. The number of sulfonamides is 1. The first-order valence-electron chi connectivity index (χ1n) is 6.12. The number of urea groups is 1. The number of nitrogens with zero attached hydrogens (tertiary/aromatic N) is 4. The van der Waals surface area contributed by atoms with Crippen molar-refractivity contribution in [2.75, 3.05) is 18.5 Å². The van der Waals surface area contributed by atoms with Crippen LogP contribution in [-0.4, -0.2) is 43.6 Å². The molecule has 0 aliphatic carbocycles. The number of ether oxygens (including phenoxy) is 2. The Labute approximate surface area is 131 Å². The number of pyridine rings is 1. The molecule has 10 nitrogen and oxygen atoms in total. The number of carbonyl (C=O) groups excluding carboxylic acids is 1. The van der Waals surface area contributed by atoms with Crippen LogP contribution < -0.4 is 19.5 Å². The zero-order valence-electron chi connectivity index (χ0n) is 12.2. The number of hydrogen-bond donors (Lipinski definition) is 1. The SMILES string of the molecule is COc1cc(OC)nc(N(C(N)=O)S(=O)(=O)c2cccnc2)n1. The normalized spacial score (nSPS) is 10.9. The molecule has 2 amide bonds. The molecule has 2 aromatic heterocycles. The van der Waals surface area contributed by atoms with Crippen LogP contribution >= 0.6 is 0 Å². The topological polar surface area (TPSA) is 138 Å². The van der Waals surface area contributed by atoms with E-state index in [1.54, 1.807) is 0 Å². The van der Waals surface area contributed by atoms with E-state index in [1.165, 1.54) is 38.6 Å². The standard InChI is InChI=1S/C12H13N5O5S/c1-21-9-6-10(22-2)16-12(15-9)17(11(13)18)23(19,20)8-4-3-5-14-7-8/h3-7H,1-2H3,(H2,13,18). The predicted octanol–water partition coefficient (Wildman–Crippen LogP) is 0.163. The Morgan fingerprint density at radius 1 is 1.22 bits per heavy atom. The molecule has 0 aliphatic rings. The third-order valence-corrected chi connectivity index (χ3v) is 4.30. The van der Waals surface area contributed by atoms with Gasteiger partial charge in [-0.3, -0.25) is 4.98 Å². The van der Waals surface area contributed by atoms with Crippen molar-refractivity contribution in [2.24, 2.45) is 5.73 Å². The quantitative estimate of drug-likeness (QED) is 0.813. The molecule has 11 heteroatoms. The second-order valence-corrected chi connectivity index (χ2v) is 5.84. The van der Waals surface area contributed by atoms with Crippen LogP contribution in [0.15, 0.2) is 35.5 Å². The fourth-order valence-corrected chi connectivity index (χ4v) is 2.81. The lowest BCUT2D eigenvalue weighted by Crippen LogP contribution is -2.42. The van der Waals surface area contributed by atoms with Crippen LogP contribution in [-0.2, 0) is 10.0 Å². The Morgan fingerprint density at radius 2 is 1.83 bits per heavy atom. The first-order valence-corrected chi connectivity index (χ1v) is 7.56. The van der Waals surface area contributed by atoms with Gasteiger partial charge in [0.1, 0.15) is 4.90 Å². The second kappa shape index (κ2) is 6.44. The summed E-state index contributed by atoms with van der Waals surface area (Å²) in [6, 6.07) is 2.69. The van der Waals surface area contributed by atoms with Crippen LogP contribution in [0, 0.1) is 0 Å². The van der Waals surface area contributed by atoms with Crippen molar-refractivity contribution in [1.82, 2.24) is 15.0 Å². The van der Waals surface area contributed by atoms with Crippen LogP contribution in [0.4, 0.5) is 10.7 Å². The molecule has 0 bridgehead atoms. The van der Waals surface area contributed by atoms with Crippen molar-refractivity contribution >= 4 is 22.0 Å². The lowest BCUT2D eigenvalue weighted by molar-refractivity contribution is 0.256. The van der Waals surface area contributed by atoms with Gasteiger partial charge in [0.15, 0.2) is 0 Å². The number of nitrogens with two attached hydrogens (primary N) is 1. The molecule has 0 atom stereocenters. The van der Waals surface area contributed by atoms with E-state index in [0.717, 1.165) is 6.20 Å². The van der Waals surface area contributed by atoms with Gasteiger partial charge in [0.25, 0.3) is 16.0 Å². The van der Waals surface area contributed by atoms with Gasteiger partial charge in [0.2, 0.25) is 11.8 Å². The second-order valence-electron chi connectivity index (χ2n) is 4.05. The van der Waals surface area contributed by atoms with Crippen LogP contribution in [0.3, 0.4) is 0 Å². The Bertz CT molecular complexity index is 790. The van der Waals surface area contributed by atoms with Gasteiger partial charge in [-0.1, -0.05) is 0 Å². The van der Waals surface area contributed by atoms with Gasteiger partial charge in [0.05, 0.1) is 20.3 Å². The zero-order chi connectivity index (χ0) is 17.0. The average molecular weight is 339 g/mol. The summed E-state index contributed by atoms with van der Waals surface area (Å²) < 4.78 is 35.3. The predicted molar refractivity (Wildman–Crippen MR) is 78.6 cm³/mol. The summed E-state index contributed by atoms with van der Waals surface area (Å²) in [4.78, 5) is 22.8. The highest BCUT2D eigenvalue weighted by atomic mass is 32.2. The summed E-state index contributed by atoms with van der Waals surface area (Å²) in [7, 11) is -1.71. The lowest BCUT2D eigenvalue weighted by Gasteiger charge is -2.18. The van der Waals surface area contributed by atoms with Crippen LogP contribution in [0.25, 0.3) is 0 Å². The molecule has 0 radical (unpaired) electrons. The lowest BCUT2D eigenvalue weighted by atomic mass is 10.5. The zero-order valence-corrected chi connectivity index (χ0v) is 13.0. The largest absolute Gasteiger partial charge is 0.481 e. The number of hydrogen-bond acceptors (Lipinski definition) is 8. The first kappa shape index (κ1) is 16.4. The van der Waals surface area contributed by atoms with Gasteiger partial charge in [-0.2, -0.15) is 9.97 Å². The summed E-state index contributed by atoms with van der Waals surface area (Å²) in [5.41, 5.74) is 5.20. The highest BCUT2D eigenvalue weighted by Crippen LogP contribution is 2.24. The molecule has 0 unspecified atom stereocenters. The van der Waals surface area contributed by atoms with E-state index in [1.807, 2.05) is 0 Å². The fraction of sp³-hybridized carbons (Fsp3) is 0.167. The number of rotatable bonds is 5. The maximum absolute atomic E-state index is 12.6. The highest BCUT2D eigenvalue weighted by Gasteiger charge is 2.33. The summed E-state index contributed by atoms with van der Waals surface area (Å²) in [6.07, 6.45) is 2.46. The van der Waals surface area contributed by atoms with Crippen molar-refractivity contribution in [3.05, 3.63) is 30.6 Å². The number of anilines is 1. The number of carbonyl (C=O) groups is 1. The molecule has 23 heavy (non-hydrogen) atoms. The van der Waals surface area contributed by atoms with E-state index in [0.29, 0.717) is 0 Å². The average Bonchev–Trinajstić information content (AvgIpc) is 2.54. The molecule has 0 saturated heterocycles. The van der Waals surface area contributed by atoms with Crippen LogP contribution in [0.1, 0.15) is 0 Å². The summed E-state index contributed by atoms with van der Waals surface area (Å²) in [5.74, 6) is -0.503. The minimum absolute atomic E-state index is 0.000475. The van der Waals surface area contributed by atoms with Crippen molar-refractivity contribution < 1.29 is 22.7 Å². The molecule has 0 spiro atoms. The molecule has 2 aromatic rings. The van der Waals surface area contributed by atoms with Crippen molar-refractivity contribution in [3.63, 3.8) is 0 Å². The van der Waals surface area contributed by atoms with Crippen molar-refractivity contribution in [2.45, 2.75) is 4.90 Å². The Morgan fingerprint density at radius 3 is 2.26 bits per heavy atom. The molecule has 2 heterocycles. The first-order chi connectivity index (χ1) is 10.9. The molecule has 0 saturated carbocycles. The highest BCUT2D eigenvalue weighted by molar-refractivity contribution is 7.93. The van der Waals surface area contributed by atoms with Crippen LogP contribution in [0.5, 0.6) is 11.8 Å². The summed E-state index contributed by atoms with van der Waals surface area (Å²) >= 11 is 0. The van der Waals surface area contributed by atoms with E-state index in [-0.39, 0.29) is 21.0 Å². The van der Waals surface area contributed by atoms with Gasteiger partial charge in [-0.05, 0) is 12.1 Å². The van der Waals surface area contributed by atoms with Crippen LogP contribution in [0.2, 0.25) is 0 Å². The third kappa shape index (κ3) is 3.29. The minimum Gasteiger partial charge on any atom is -0.481 e. The van der Waals surface area contributed by atoms with E-state index >= 15 is 0 Å². The molecule has 2 rings (SSSR count). The number of amides is 2. The Kier molecular flexibility index (Phi) is 4.60.